The molecule has 1 aliphatic carbocycles. The Kier molecular flexibility index (Phi) is 8.67. The molecule has 2 heterocycles. The number of hydrogen-bond donors (Lipinski definition) is 0. The van der Waals surface area contributed by atoms with Crippen molar-refractivity contribution in [3.63, 3.8) is 0 Å². The maximum absolute atomic E-state index is 13.5. The molecule has 0 radical (unpaired) electrons. The molecule has 0 unspecified atom stereocenters. The fourth-order valence-corrected chi connectivity index (χ4v) is 5.69. The van der Waals surface area contributed by atoms with Gasteiger partial charge in [0.15, 0.2) is 11.6 Å². The van der Waals surface area contributed by atoms with Crippen LogP contribution in [0.2, 0.25) is 0 Å². The zero-order chi connectivity index (χ0) is 25.5. The van der Waals surface area contributed by atoms with Gasteiger partial charge in [-0.2, -0.15) is 0 Å². The third-order valence-corrected chi connectivity index (χ3v) is 7.78. The van der Waals surface area contributed by atoms with Crippen molar-refractivity contribution < 1.29 is 13.5 Å². The molecule has 1 aliphatic heterocycles. The lowest BCUT2D eigenvalue weighted by molar-refractivity contribution is 0.154. The number of piperazine rings is 1. The summed E-state index contributed by atoms with van der Waals surface area (Å²) in [6.45, 7) is 4.82. The van der Waals surface area contributed by atoms with Gasteiger partial charge in [-0.15, -0.1) is 0 Å². The monoisotopic (exact) mass is 505 g/mol. The van der Waals surface area contributed by atoms with Crippen LogP contribution in [0.15, 0.2) is 66.9 Å². The van der Waals surface area contributed by atoms with E-state index in [4.69, 9.17) is 4.74 Å². The van der Waals surface area contributed by atoms with Gasteiger partial charge in [-0.3, -0.25) is 4.90 Å². The van der Waals surface area contributed by atoms with E-state index in [1.54, 1.807) is 0 Å². The standard InChI is InChI=1S/C31H37F2N3O/c32-26-14-10-24(11-15-26)29(25-12-16-27(33)17-13-25)8-5-19-35-20-22-36(23-21-35)31-30(9-4-18-34-31)37-28-6-2-1-3-7-28/h4,9-18,28-29H,1-3,5-8,19-23H2. The number of halogens is 2. The Labute approximate surface area is 219 Å². The number of aromatic nitrogens is 1. The van der Waals surface area contributed by atoms with Gasteiger partial charge in [0.05, 0.1) is 6.10 Å². The maximum Gasteiger partial charge on any atom is 0.171 e. The average Bonchev–Trinajstić information content (AvgIpc) is 2.94. The van der Waals surface area contributed by atoms with Crippen LogP contribution < -0.4 is 9.64 Å². The highest BCUT2D eigenvalue weighted by molar-refractivity contribution is 5.52. The van der Waals surface area contributed by atoms with Gasteiger partial charge in [-0.05, 0) is 92.6 Å². The summed E-state index contributed by atoms with van der Waals surface area (Å²) in [5, 5.41) is 0. The summed E-state index contributed by atoms with van der Waals surface area (Å²) >= 11 is 0. The Morgan fingerprint density at radius 2 is 1.43 bits per heavy atom. The van der Waals surface area contributed by atoms with Gasteiger partial charge < -0.3 is 9.64 Å². The van der Waals surface area contributed by atoms with Crippen molar-refractivity contribution in [3.8, 4) is 5.75 Å². The number of benzene rings is 2. The van der Waals surface area contributed by atoms with Crippen molar-refractivity contribution in [2.75, 3.05) is 37.6 Å². The molecule has 5 rings (SSSR count). The van der Waals surface area contributed by atoms with Crippen molar-refractivity contribution in [1.82, 2.24) is 9.88 Å². The molecule has 2 aromatic carbocycles. The van der Waals surface area contributed by atoms with Crippen molar-refractivity contribution in [3.05, 3.63) is 89.6 Å². The highest BCUT2D eigenvalue weighted by Gasteiger charge is 2.23. The minimum Gasteiger partial charge on any atom is -0.487 e. The second-order valence-corrected chi connectivity index (χ2v) is 10.3. The quantitative estimate of drug-likeness (QED) is 0.320. The van der Waals surface area contributed by atoms with E-state index in [0.717, 1.165) is 81.1 Å². The van der Waals surface area contributed by atoms with Crippen molar-refractivity contribution in [2.24, 2.45) is 0 Å². The van der Waals surface area contributed by atoms with Crippen LogP contribution in [0, 0.1) is 11.6 Å². The number of rotatable bonds is 9. The Bertz CT molecular complexity index is 1060. The zero-order valence-electron chi connectivity index (χ0n) is 21.5. The molecule has 1 saturated heterocycles. The first-order chi connectivity index (χ1) is 18.2. The minimum atomic E-state index is -0.236. The molecule has 1 saturated carbocycles. The molecule has 0 bridgehead atoms. The highest BCUT2D eigenvalue weighted by Crippen LogP contribution is 2.32. The molecule has 0 N–H and O–H groups in total. The van der Waals surface area contributed by atoms with E-state index in [1.165, 1.54) is 43.5 Å². The Hall–Kier alpha value is -2.99. The number of pyridine rings is 1. The third kappa shape index (κ3) is 6.86. The van der Waals surface area contributed by atoms with E-state index >= 15 is 0 Å². The summed E-state index contributed by atoms with van der Waals surface area (Å²) in [5.74, 6) is 1.54. The lowest BCUT2D eigenvalue weighted by Gasteiger charge is -2.36. The second-order valence-electron chi connectivity index (χ2n) is 10.3. The van der Waals surface area contributed by atoms with Gasteiger partial charge in [-0.25, -0.2) is 13.8 Å². The number of ether oxygens (including phenoxy) is 1. The predicted molar refractivity (Wildman–Crippen MR) is 144 cm³/mol. The predicted octanol–water partition coefficient (Wildman–Crippen LogP) is 6.81. The summed E-state index contributed by atoms with van der Waals surface area (Å²) in [7, 11) is 0. The summed E-state index contributed by atoms with van der Waals surface area (Å²) in [6, 6.07) is 17.5. The van der Waals surface area contributed by atoms with Crippen LogP contribution in [0.1, 0.15) is 62.0 Å². The first-order valence-corrected chi connectivity index (χ1v) is 13.8. The molecule has 2 aliphatic rings. The van der Waals surface area contributed by atoms with Crippen LogP contribution in [0.3, 0.4) is 0 Å². The smallest absolute Gasteiger partial charge is 0.171 e. The van der Waals surface area contributed by atoms with Crippen LogP contribution in [-0.2, 0) is 0 Å². The van der Waals surface area contributed by atoms with Crippen molar-refractivity contribution in [1.29, 1.82) is 0 Å². The molecule has 0 amide bonds. The van der Waals surface area contributed by atoms with E-state index < -0.39 is 0 Å². The fraction of sp³-hybridized carbons (Fsp3) is 0.452. The van der Waals surface area contributed by atoms with E-state index in [9.17, 15) is 8.78 Å². The summed E-state index contributed by atoms with van der Waals surface area (Å²) in [5.41, 5.74) is 2.14. The first kappa shape index (κ1) is 25.7. The van der Waals surface area contributed by atoms with Crippen LogP contribution >= 0.6 is 0 Å². The normalized spacial score (nSPS) is 17.3. The largest absolute Gasteiger partial charge is 0.487 e. The third-order valence-electron chi connectivity index (χ3n) is 7.78. The second kappa shape index (κ2) is 12.5. The minimum absolute atomic E-state index is 0.121. The summed E-state index contributed by atoms with van der Waals surface area (Å²) in [4.78, 5) is 9.55. The van der Waals surface area contributed by atoms with Crippen LogP contribution in [-0.4, -0.2) is 48.7 Å². The average molecular weight is 506 g/mol. The molecule has 2 fully saturated rings. The number of nitrogens with zero attached hydrogens (tertiary/aromatic N) is 3. The van der Waals surface area contributed by atoms with Crippen LogP contribution in [0.5, 0.6) is 5.75 Å². The van der Waals surface area contributed by atoms with E-state index in [2.05, 4.69) is 20.9 Å². The molecule has 4 nitrogen and oxygen atoms in total. The Balaban J connectivity index is 1.15. The SMILES string of the molecule is Fc1ccc(C(CCCN2CCN(c3ncccc3OC3CCCCC3)CC2)c2ccc(F)cc2)cc1. The fourth-order valence-electron chi connectivity index (χ4n) is 5.69. The molecule has 37 heavy (non-hydrogen) atoms. The lowest BCUT2D eigenvalue weighted by atomic mass is 9.87. The zero-order valence-corrected chi connectivity index (χ0v) is 21.5. The molecule has 1 aromatic heterocycles. The lowest BCUT2D eigenvalue weighted by Crippen LogP contribution is -2.47. The molecule has 196 valence electrons. The maximum atomic E-state index is 13.5. The van der Waals surface area contributed by atoms with Crippen molar-refractivity contribution in [2.45, 2.75) is 57.0 Å². The van der Waals surface area contributed by atoms with Gasteiger partial charge in [0.2, 0.25) is 0 Å². The topological polar surface area (TPSA) is 28.6 Å². The van der Waals surface area contributed by atoms with E-state index in [1.807, 2.05) is 36.5 Å². The van der Waals surface area contributed by atoms with Gasteiger partial charge in [0.1, 0.15) is 11.6 Å². The van der Waals surface area contributed by atoms with Gasteiger partial charge in [-0.1, -0.05) is 30.7 Å². The molecule has 0 spiro atoms. The van der Waals surface area contributed by atoms with Gasteiger partial charge in [0.25, 0.3) is 0 Å². The van der Waals surface area contributed by atoms with Gasteiger partial charge in [0, 0.05) is 38.3 Å². The van der Waals surface area contributed by atoms with Gasteiger partial charge >= 0.3 is 0 Å². The van der Waals surface area contributed by atoms with Crippen LogP contribution in [0.25, 0.3) is 0 Å². The summed E-state index contributed by atoms with van der Waals surface area (Å²) in [6.07, 6.45) is 10.2. The van der Waals surface area contributed by atoms with E-state index in [-0.39, 0.29) is 17.6 Å². The molecule has 0 atom stereocenters. The van der Waals surface area contributed by atoms with Crippen LogP contribution in [0.4, 0.5) is 14.6 Å². The number of hydrogen-bond acceptors (Lipinski definition) is 4. The molecule has 3 aromatic rings. The Morgan fingerprint density at radius 3 is 2.05 bits per heavy atom. The first-order valence-electron chi connectivity index (χ1n) is 13.8. The highest BCUT2D eigenvalue weighted by atomic mass is 19.1. The van der Waals surface area contributed by atoms with Crippen molar-refractivity contribution >= 4 is 5.82 Å². The number of anilines is 1. The molecular weight excluding hydrogens is 468 g/mol. The molecule has 6 heteroatoms. The Morgan fingerprint density at radius 1 is 0.811 bits per heavy atom. The summed E-state index contributed by atoms with van der Waals surface area (Å²) < 4.78 is 33.4. The van der Waals surface area contributed by atoms with E-state index in [0.29, 0.717) is 6.10 Å². The molecular formula is C31H37F2N3O.